The molecular formula is C15H21N3O6. The Hall–Kier alpha value is -1.97. The summed E-state index contributed by atoms with van der Waals surface area (Å²) in [4.78, 5) is 26.4. The monoisotopic (exact) mass is 339 g/mol. The van der Waals surface area contributed by atoms with E-state index in [1.54, 1.807) is 13.8 Å². The number of hydrogen-bond donors (Lipinski definition) is 3. The van der Waals surface area contributed by atoms with E-state index in [1.165, 1.54) is 6.20 Å². The van der Waals surface area contributed by atoms with Crippen molar-refractivity contribution >= 4 is 5.71 Å². The average Bonchev–Trinajstić information content (AvgIpc) is 3.01. The lowest BCUT2D eigenvalue weighted by Gasteiger charge is -2.18. The topological polar surface area (TPSA) is 131 Å². The predicted molar refractivity (Wildman–Crippen MR) is 84.0 cm³/mol. The zero-order valence-electron chi connectivity index (χ0n) is 13.6. The molecule has 0 radical (unpaired) electrons. The van der Waals surface area contributed by atoms with Gasteiger partial charge >= 0.3 is 5.69 Å². The first kappa shape index (κ1) is 16.9. The predicted octanol–water partition coefficient (Wildman–Crippen LogP) is -0.951. The summed E-state index contributed by atoms with van der Waals surface area (Å²) in [5.74, 6) is 0. The van der Waals surface area contributed by atoms with Gasteiger partial charge in [0.05, 0.1) is 12.7 Å². The van der Waals surface area contributed by atoms with Gasteiger partial charge in [0.2, 0.25) is 5.71 Å². The fourth-order valence-corrected chi connectivity index (χ4v) is 3.19. The van der Waals surface area contributed by atoms with Crippen LogP contribution in [0.3, 0.4) is 0 Å². The number of aliphatic hydroxyl groups is 2. The molecule has 3 heterocycles. The minimum absolute atomic E-state index is 0.110. The maximum Gasteiger partial charge on any atom is 0.330 e. The lowest BCUT2D eigenvalue weighted by Crippen LogP contribution is -2.37. The lowest BCUT2D eigenvalue weighted by atomic mass is 10.0. The fourth-order valence-electron chi connectivity index (χ4n) is 3.19. The van der Waals surface area contributed by atoms with Gasteiger partial charge in [0, 0.05) is 39.3 Å². The van der Waals surface area contributed by atoms with Crippen LogP contribution in [0.2, 0.25) is 0 Å². The zero-order chi connectivity index (χ0) is 17.6. The average molecular weight is 339 g/mol. The second-order valence-electron chi connectivity index (χ2n) is 6.88. The minimum Gasteiger partial charge on any atom is -0.623 e. The summed E-state index contributed by atoms with van der Waals surface area (Å²) in [5, 5.41) is 31.4. The van der Waals surface area contributed by atoms with Crippen molar-refractivity contribution in [2.45, 2.75) is 57.1 Å². The Morgan fingerprint density at radius 2 is 2.21 bits per heavy atom. The molecule has 2 aliphatic rings. The first-order valence-corrected chi connectivity index (χ1v) is 7.88. The summed E-state index contributed by atoms with van der Waals surface area (Å²) in [6.07, 6.45) is -0.0441. The summed E-state index contributed by atoms with van der Waals surface area (Å²) in [7, 11) is 0. The van der Waals surface area contributed by atoms with Gasteiger partial charge in [-0.3, -0.25) is 14.3 Å². The van der Waals surface area contributed by atoms with Crippen LogP contribution in [-0.2, 0) is 4.74 Å². The molecule has 0 spiro atoms. The lowest BCUT2D eigenvalue weighted by molar-refractivity contribution is -0.530. The SMILES string of the molecule is CC1(C)CCC(c2cn([C@H]3C[C@H](O)[C@@H](CO)O3)c(=O)[nH]c2=O)=[N+]1[O-]. The van der Waals surface area contributed by atoms with Gasteiger partial charge in [-0.1, -0.05) is 0 Å². The Kier molecular flexibility index (Phi) is 4.10. The van der Waals surface area contributed by atoms with Crippen LogP contribution in [0.1, 0.15) is 44.9 Å². The molecule has 1 saturated heterocycles. The van der Waals surface area contributed by atoms with E-state index in [0.717, 1.165) is 9.31 Å². The highest BCUT2D eigenvalue weighted by Gasteiger charge is 2.39. The molecule has 1 aromatic rings. The second kappa shape index (κ2) is 5.83. The van der Waals surface area contributed by atoms with E-state index in [4.69, 9.17) is 9.84 Å². The summed E-state index contributed by atoms with van der Waals surface area (Å²) in [6.45, 7) is 3.21. The number of nitrogens with one attached hydrogen (secondary N) is 1. The molecule has 0 bridgehead atoms. The van der Waals surface area contributed by atoms with Crippen molar-refractivity contribution in [3.8, 4) is 0 Å². The molecule has 0 unspecified atom stereocenters. The molecule has 2 aliphatic heterocycles. The number of nitrogens with zero attached hydrogens (tertiary/aromatic N) is 2. The summed E-state index contributed by atoms with van der Waals surface area (Å²) in [5.41, 5.74) is -1.46. The molecule has 132 valence electrons. The molecule has 3 N–H and O–H groups in total. The Morgan fingerprint density at radius 3 is 2.75 bits per heavy atom. The van der Waals surface area contributed by atoms with Crippen LogP contribution in [0.15, 0.2) is 15.8 Å². The fraction of sp³-hybridized carbons (Fsp3) is 0.667. The van der Waals surface area contributed by atoms with Crippen molar-refractivity contribution in [3.05, 3.63) is 37.8 Å². The van der Waals surface area contributed by atoms with Crippen LogP contribution in [0.5, 0.6) is 0 Å². The van der Waals surface area contributed by atoms with Crippen LogP contribution in [0.25, 0.3) is 0 Å². The molecule has 1 aromatic heterocycles. The second-order valence-corrected chi connectivity index (χ2v) is 6.88. The van der Waals surface area contributed by atoms with Crippen molar-refractivity contribution in [2.24, 2.45) is 0 Å². The number of hydrogen-bond acceptors (Lipinski definition) is 6. The molecule has 0 amide bonds. The smallest absolute Gasteiger partial charge is 0.330 e. The van der Waals surface area contributed by atoms with Crippen molar-refractivity contribution in [1.29, 1.82) is 0 Å². The van der Waals surface area contributed by atoms with E-state index in [-0.39, 0.29) is 18.6 Å². The number of ether oxygens (including phenoxy) is 1. The van der Waals surface area contributed by atoms with Gasteiger partial charge in [-0.15, -0.1) is 0 Å². The number of rotatable bonds is 3. The normalized spacial score (nSPS) is 29.4. The van der Waals surface area contributed by atoms with Crippen molar-refractivity contribution in [3.63, 3.8) is 0 Å². The quantitative estimate of drug-likeness (QED) is 0.481. The third-order valence-corrected chi connectivity index (χ3v) is 4.74. The standard InChI is InChI=1S/C15H21N3O6/c1-15(2)4-3-9(18(15)23)8-6-17(14(22)16-13(8)21)12-5-10(20)11(7-19)24-12/h6,10-12,19-20H,3-5,7H2,1-2H3,(H,16,21,22)/t10-,11+,12+/m0/s1. The van der Waals surface area contributed by atoms with E-state index >= 15 is 0 Å². The van der Waals surface area contributed by atoms with Crippen LogP contribution < -0.4 is 11.2 Å². The highest BCUT2D eigenvalue weighted by Crippen LogP contribution is 2.28. The molecule has 24 heavy (non-hydrogen) atoms. The molecular weight excluding hydrogens is 318 g/mol. The summed E-state index contributed by atoms with van der Waals surface area (Å²) < 4.78 is 7.42. The van der Waals surface area contributed by atoms with Crippen molar-refractivity contribution in [1.82, 2.24) is 9.55 Å². The van der Waals surface area contributed by atoms with Crippen LogP contribution in [-0.4, -0.2) is 54.6 Å². The highest BCUT2D eigenvalue weighted by molar-refractivity contribution is 5.97. The zero-order valence-corrected chi connectivity index (χ0v) is 13.6. The third-order valence-electron chi connectivity index (χ3n) is 4.74. The van der Waals surface area contributed by atoms with Gasteiger partial charge < -0.3 is 20.2 Å². The number of H-pyrrole nitrogens is 1. The molecule has 9 heteroatoms. The van der Waals surface area contributed by atoms with Gasteiger partial charge in [0.15, 0.2) is 5.54 Å². The Labute approximate surface area is 137 Å². The molecule has 1 fully saturated rings. The van der Waals surface area contributed by atoms with Gasteiger partial charge in [-0.25, -0.2) is 9.53 Å². The Balaban J connectivity index is 2.04. The number of aliphatic hydroxyl groups excluding tert-OH is 2. The van der Waals surface area contributed by atoms with Gasteiger partial charge in [-0.2, -0.15) is 0 Å². The Bertz CT molecular complexity index is 793. The number of aromatic amines is 1. The molecule has 3 rings (SSSR count). The van der Waals surface area contributed by atoms with Gasteiger partial charge in [0.25, 0.3) is 5.56 Å². The van der Waals surface area contributed by atoms with Crippen molar-refractivity contribution < 1.29 is 19.7 Å². The summed E-state index contributed by atoms with van der Waals surface area (Å²) >= 11 is 0. The molecule has 0 saturated carbocycles. The number of aromatic nitrogens is 2. The minimum atomic E-state index is -0.906. The van der Waals surface area contributed by atoms with E-state index in [1.807, 2.05) is 0 Å². The molecule has 0 aliphatic carbocycles. The molecule has 9 nitrogen and oxygen atoms in total. The van der Waals surface area contributed by atoms with Gasteiger partial charge in [0.1, 0.15) is 17.9 Å². The largest absolute Gasteiger partial charge is 0.623 e. The maximum absolute atomic E-state index is 12.4. The summed E-state index contributed by atoms with van der Waals surface area (Å²) in [6, 6.07) is 0. The van der Waals surface area contributed by atoms with Crippen LogP contribution in [0.4, 0.5) is 0 Å². The first-order chi connectivity index (χ1) is 11.2. The first-order valence-electron chi connectivity index (χ1n) is 7.88. The molecule has 3 atom stereocenters. The third kappa shape index (κ3) is 2.68. The van der Waals surface area contributed by atoms with Crippen LogP contribution in [0, 0.1) is 5.21 Å². The van der Waals surface area contributed by atoms with E-state index < -0.39 is 35.2 Å². The van der Waals surface area contributed by atoms with E-state index in [2.05, 4.69) is 4.98 Å². The van der Waals surface area contributed by atoms with Gasteiger partial charge in [-0.05, 0) is 0 Å². The highest BCUT2D eigenvalue weighted by atomic mass is 16.5. The Morgan fingerprint density at radius 1 is 1.50 bits per heavy atom. The maximum atomic E-state index is 12.4. The molecule has 0 aromatic carbocycles. The van der Waals surface area contributed by atoms with E-state index in [9.17, 15) is 19.9 Å². The van der Waals surface area contributed by atoms with E-state index in [0.29, 0.717) is 18.6 Å². The number of hydroxylamine groups is 1. The van der Waals surface area contributed by atoms with Crippen molar-refractivity contribution in [2.75, 3.05) is 6.61 Å². The van der Waals surface area contributed by atoms with Crippen LogP contribution >= 0.6 is 0 Å².